The van der Waals surface area contributed by atoms with E-state index in [4.69, 9.17) is 4.74 Å². The van der Waals surface area contributed by atoms with Crippen LogP contribution >= 0.6 is 0 Å². The van der Waals surface area contributed by atoms with Gasteiger partial charge in [0, 0.05) is 18.3 Å². The molecular formula is C19H25N3O2. The number of rotatable bonds is 3. The molecule has 1 atom stereocenters. The highest BCUT2D eigenvalue weighted by atomic mass is 16.6. The second kappa shape index (κ2) is 6.67. The van der Waals surface area contributed by atoms with Crippen molar-refractivity contribution in [3.8, 4) is 11.3 Å². The Balaban J connectivity index is 1.67. The van der Waals surface area contributed by atoms with Crippen LogP contribution in [0.25, 0.3) is 11.3 Å². The van der Waals surface area contributed by atoms with Gasteiger partial charge >= 0.3 is 6.09 Å². The zero-order valence-electron chi connectivity index (χ0n) is 14.6. The summed E-state index contributed by atoms with van der Waals surface area (Å²) in [5, 5.41) is 4.65. The topological polar surface area (TPSA) is 47.4 Å². The average Bonchev–Trinajstić information content (AvgIpc) is 3.16. The van der Waals surface area contributed by atoms with E-state index >= 15 is 0 Å². The Morgan fingerprint density at radius 1 is 1.25 bits per heavy atom. The molecule has 1 amide bonds. The Bertz CT molecular complexity index is 688. The zero-order chi connectivity index (χ0) is 17.2. The molecule has 128 valence electrons. The third kappa shape index (κ3) is 3.96. The molecule has 3 rings (SSSR count). The quantitative estimate of drug-likeness (QED) is 0.857. The predicted molar refractivity (Wildman–Crippen MR) is 93.6 cm³/mol. The summed E-state index contributed by atoms with van der Waals surface area (Å²) in [6, 6.07) is 12.3. The van der Waals surface area contributed by atoms with Crippen LogP contribution in [0.5, 0.6) is 0 Å². The summed E-state index contributed by atoms with van der Waals surface area (Å²) in [5.74, 6) is 0. The van der Waals surface area contributed by atoms with Crippen LogP contribution in [0, 0.1) is 0 Å². The van der Waals surface area contributed by atoms with E-state index in [-0.39, 0.29) is 12.1 Å². The number of benzene rings is 1. The number of aromatic nitrogens is 2. The van der Waals surface area contributed by atoms with Crippen molar-refractivity contribution in [2.24, 2.45) is 0 Å². The standard InChI is InChI=1S/C19H25N3O2/c1-19(2,3)24-18(23)22-12-7-10-16(22)14-21-13-11-17(20-21)15-8-5-4-6-9-15/h4-6,8-9,11,13,16H,7,10,12,14H2,1-3H3/t16-/m0/s1. The van der Waals surface area contributed by atoms with Crippen LogP contribution in [0.15, 0.2) is 42.6 Å². The molecule has 5 heteroatoms. The molecule has 1 aliphatic heterocycles. The van der Waals surface area contributed by atoms with Crippen LogP contribution in [0.3, 0.4) is 0 Å². The third-order valence-electron chi connectivity index (χ3n) is 4.11. The van der Waals surface area contributed by atoms with Gasteiger partial charge in [0.25, 0.3) is 0 Å². The molecule has 1 aromatic heterocycles. The highest BCUT2D eigenvalue weighted by Crippen LogP contribution is 2.23. The minimum Gasteiger partial charge on any atom is -0.444 e. The maximum Gasteiger partial charge on any atom is 0.410 e. The maximum absolute atomic E-state index is 12.4. The fraction of sp³-hybridized carbons (Fsp3) is 0.474. The van der Waals surface area contributed by atoms with Crippen LogP contribution in [-0.2, 0) is 11.3 Å². The Morgan fingerprint density at radius 2 is 2.00 bits per heavy atom. The first kappa shape index (κ1) is 16.6. The highest BCUT2D eigenvalue weighted by molar-refractivity contribution is 5.69. The fourth-order valence-corrected chi connectivity index (χ4v) is 3.03. The minimum atomic E-state index is -0.462. The van der Waals surface area contributed by atoms with E-state index in [2.05, 4.69) is 17.2 Å². The summed E-state index contributed by atoms with van der Waals surface area (Å²) in [6.07, 6.45) is 3.75. The highest BCUT2D eigenvalue weighted by Gasteiger charge is 2.32. The Labute approximate surface area is 143 Å². The number of hydrogen-bond acceptors (Lipinski definition) is 3. The SMILES string of the molecule is CC(C)(C)OC(=O)N1CCC[C@H]1Cn1ccc(-c2ccccc2)n1. The summed E-state index contributed by atoms with van der Waals surface area (Å²) in [6.45, 7) is 7.15. The van der Waals surface area contributed by atoms with Gasteiger partial charge in [-0.05, 0) is 39.7 Å². The van der Waals surface area contributed by atoms with Gasteiger partial charge in [-0.1, -0.05) is 30.3 Å². The molecule has 1 aromatic carbocycles. The maximum atomic E-state index is 12.4. The van der Waals surface area contributed by atoms with Gasteiger partial charge < -0.3 is 9.64 Å². The van der Waals surface area contributed by atoms with Crippen molar-refractivity contribution in [3.05, 3.63) is 42.6 Å². The molecule has 0 unspecified atom stereocenters. The van der Waals surface area contributed by atoms with Crippen molar-refractivity contribution >= 4 is 6.09 Å². The van der Waals surface area contributed by atoms with Crippen LogP contribution in [-0.4, -0.2) is 39.0 Å². The number of likely N-dealkylation sites (tertiary alicyclic amines) is 1. The lowest BCUT2D eigenvalue weighted by Gasteiger charge is -2.28. The van der Waals surface area contributed by atoms with Crippen molar-refractivity contribution in [1.82, 2.24) is 14.7 Å². The molecule has 1 aliphatic rings. The van der Waals surface area contributed by atoms with E-state index < -0.39 is 5.60 Å². The van der Waals surface area contributed by atoms with Gasteiger partial charge in [-0.2, -0.15) is 5.10 Å². The van der Waals surface area contributed by atoms with Crippen molar-refractivity contribution in [2.45, 2.75) is 51.8 Å². The number of hydrogen-bond donors (Lipinski definition) is 0. The van der Waals surface area contributed by atoms with E-state index in [1.165, 1.54) is 0 Å². The molecule has 1 saturated heterocycles. The summed E-state index contributed by atoms with van der Waals surface area (Å²) in [7, 11) is 0. The molecule has 0 spiro atoms. The molecule has 2 heterocycles. The second-order valence-electron chi connectivity index (χ2n) is 7.26. The second-order valence-corrected chi connectivity index (χ2v) is 7.26. The molecule has 0 radical (unpaired) electrons. The van der Waals surface area contributed by atoms with E-state index in [0.717, 1.165) is 30.6 Å². The number of ether oxygens (including phenoxy) is 1. The molecule has 0 N–H and O–H groups in total. The lowest BCUT2D eigenvalue weighted by Crippen LogP contribution is -2.41. The molecule has 0 aliphatic carbocycles. The molecule has 24 heavy (non-hydrogen) atoms. The zero-order valence-corrected chi connectivity index (χ0v) is 14.6. The van der Waals surface area contributed by atoms with Crippen molar-refractivity contribution in [2.75, 3.05) is 6.54 Å². The molecule has 5 nitrogen and oxygen atoms in total. The van der Waals surface area contributed by atoms with E-state index in [1.54, 1.807) is 0 Å². The summed E-state index contributed by atoms with van der Waals surface area (Å²) in [5.41, 5.74) is 1.60. The first-order valence-corrected chi connectivity index (χ1v) is 8.51. The van der Waals surface area contributed by atoms with E-state index in [9.17, 15) is 4.79 Å². The van der Waals surface area contributed by atoms with Gasteiger partial charge in [-0.15, -0.1) is 0 Å². The minimum absolute atomic E-state index is 0.142. The Hall–Kier alpha value is -2.30. The van der Waals surface area contributed by atoms with Gasteiger partial charge in [0.15, 0.2) is 0 Å². The largest absolute Gasteiger partial charge is 0.444 e. The predicted octanol–water partition coefficient (Wildman–Crippen LogP) is 3.95. The smallest absolute Gasteiger partial charge is 0.410 e. The van der Waals surface area contributed by atoms with Crippen molar-refractivity contribution in [3.63, 3.8) is 0 Å². The van der Waals surface area contributed by atoms with Gasteiger partial charge in [-0.3, -0.25) is 4.68 Å². The van der Waals surface area contributed by atoms with Crippen LogP contribution in [0.4, 0.5) is 4.79 Å². The van der Waals surface area contributed by atoms with Crippen LogP contribution in [0.2, 0.25) is 0 Å². The lowest BCUT2D eigenvalue weighted by molar-refractivity contribution is 0.0212. The molecule has 1 fully saturated rings. The Kier molecular flexibility index (Phi) is 4.60. The van der Waals surface area contributed by atoms with Crippen molar-refractivity contribution in [1.29, 1.82) is 0 Å². The van der Waals surface area contributed by atoms with E-state index in [0.29, 0.717) is 6.54 Å². The summed E-state index contributed by atoms with van der Waals surface area (Å²) in [4.78, 5) is 14.2. The lowest BCUT2D eigenvalue weighted by atomic mass is 10.2. The van der Waals surface area contributed by atoms with Gasteiger partial charge in [0.1, 0.15) is 5.60 Å². The first-order valence-electron chi connectivity index (χ1n) is 8.51. The van der Waals surface area contributed by atoms with E-state index in [1.807, 2.05) is 60.8 Å². The normalized spacial score (nSPS) is 18.0. The van der Waals surface area contributed by atoms with Gasteiger partial charge in [-0.25, -0.2) is 4.79 Å². The summed E-state index contributed by atoms with van der Waals surface area (Å²) >= 11 is 0. The number of nitrogens with zero attached hydrogens (tertiary/aromatic N) is 3. The molecular weight excluding hydrogens is 302 g/mol. The average molecular weight is 327 g/mol. The van der Waals surface area contributed by atoms with Gasteiger partial charge in [0.2, 0.25) is 0 Å². The van der Waals surface area contributed by atoms with Gasteiger partial charge in [0.05, 0.1) is 18.3 Å². The number of amides is 1. The molecule has 0 bridgehead atoms. The monoisotopic (exact) mass is 327 g/mol. The summed E-state index contributed by atoms with van der Waals surface area (Å²) < 4.78 is 7.45. The molecule has 2 aromatic rings. The number of carbonyl (C=O) groups is 1. The van der Waals surface area contributed by atoms with Crippen LogP contribution in [0.1, 0.15) is 33.6 Å². The Morgan fingerprint density at radius 3 is 2.71 bits per heavy atom. The van der Waals surface area contributed by atoms with Crippen molar-refractivity contribution < 1.29 is 9.53 Å². The molecule has 0 saturated carbocycles. The number of carbonyl (C=O) groups excluding carboxylic acids is 1. The van der Waals surface area contributed by atoms with Crippen LogP contribution < -0.4 is 0 Å². The fourth-order valence-electron chi connectivity index (χ4n) is 3.03. The third-order valence-corrected chi connectivity index (χ3v) is 4.11. The first-order chi connectivity index (χ1) is 11.4.